The van der Waals surface area contributed by atoms with Crippen molar-refractivity contribution in [3.8, 4) is 0 Å². The fraction of sp³-hybridized carbons (Fsp3) is 0.143. The summed E-state index contributed by atoms with van der Waals surface area (Å²) < 4.78 is 0. The van der Waals surface area contributed by atoms with Crippen LogP contribution in [0, 0.1) is 0 Å². The van der Waals surface area contributed by atoms with E-state index in [0.717, 1.165) is 19.2 Å². The smallest absolute Gasteiger partial charge is 0.300 e. The number of aliphatic carboxylic acids is 1. The molecule has 0 unspecified atom stereocenters. The van der Waals surface area contributed by atoms with E-state index in [1.54, 1.807) is 6.20 Å². The van der Waals surface area contributed by atoms with Crippen molar-refractivity contribution in [3.05, 3.63) is 60.4 Å². The van der Waals surface area contributed by atoms with Crippen LogP contribution in [0.1, 0.15) is 12.5 Å². The Labute approximate surface area is 106 Å². The summed E-state index contributed by atoms with van der Waals surface area (Å²) in [6.45, 7) is 1.90. The molecule has 0 atom stereocenters. The second-order valence-electron chi connectivity index (χ2n) is 3.60. The van der Waals surface area contributed by atoms with E-state index in [2.05, 4.69) is 28.5 Å². The van der Waals surface area contributed by atoms with E-state index in [1.807, 2.05) is 30.5 Å². The van der Waals surface area contributed by atoms with Crippen molar-refractivity contribution in [2.45, 2.75) is 13.5 Å². The van der Waals surface area contributed by atoms with Crippen LogP contribution >= 0.6 is 0 Å². The van der Waals surface area contributed by atoms with Crippen LogP contribution in [0.15, 0.2) is 54.9 Å². The van der Waals surface area contributed by atoms with E-state index in [9.17, 15) is 0 Å². The van der Waals surface area contributed by atoms with Crippen molar-refractivity contribution < 1.29 is 9.90 Å². The summed E-state index contributed by atoms with van der Waals surface area (Å²) in [6.07, 6.45) is 3.65. The molecule has 4 heteroatoms. The highest BCUT2D eigenvalue weighted by Crippen LogP contribution is 2.07. The van der Waals surface area contributed by atoms with Crippen LogP contribution < -0.4 is 5.32 Å². The minimum atomic E-state index is -0.833. The zero-order valence-electron chi connectivity index (χ0n) is 10.2. The van der Waals surface area contributed by atoms with Gasteiger partial charge in [0.05, 0.1) is 0 Å². The van der Waals surface area contributed by atoms with Crippen molar-refractivity contribution in [2.75, 3.05) is 5.32 Å². The number of pyridine rings is 1. The largest absolute Gasteiger partial charge is 0.481 e. The molecule has 0 aliphatic carbocycles. The Balaban J connectivity index is 0.000000357. The summed E-state index contributed by atoms with van der Waals surface area (Å²) in [6, 6.07) is 14.2. The number of hydrogen-bond donors (Lipinski definition) is 2. The van der Waals surface area contributed by atoms with Crippen LogP contribution in [-0.2, 0) is 11.3 Å². The minimum Gasteiger partial charge on any atom is -0.481 e. The van der Waals surface area contributed by atoms with Gasteiger partial charge in [-0.3, -0.25) is 9.78 Å². The SMILES string of the molecule is CC(=O)O.c1ccc(NCc2cccnc2)cc1. The van der Waals surface area contributed by atoms with Crippen LogP contribution in [0.4, 0.5) is 5.69 Å². The first-order valence-corrected chi connectivity index (χ1v) is 5.56. The second-order valence-corrected chi connectivity index (χ2v) is 3.60. The Bertz CT molecular complexity index is 414. The highest BCUT2D eigenvalue weighted by atomic mass is 16.4. The molecule has 0 radical (unpaired) electrons. The summed E-state index contributed by atoms with van der Waals surface area (Å²) in [4.78, 5) is 13.1. The molecule has 0 fully saturated rings. The molecular weight excluding hydrogens is 228 g/mol. The molecule has 0 bridgehead atoms. The van der Waals surface area contributed by atoms with Gasteiger partial charge in [-0.25, -0.2) is 0 Å². The van der Waals surface area contributed by atoms with Gasteiger partial charge in [0.15, 0.2) is 0 Å². The minimum absolute atomic E-state index is 0.817. The van der Waals surface area contributed by atoms with Crippen molar-refractivity contribution in [1.29, 1.82) is 0 Å². The lowest BCUT2D eigenvalue weighted by Crippen LogP contribution is -1.98. The summed E-state index contributed by atoms with van der Waals surface area (Å²) in [5, 5.41) is 10.7. The van der Waals surface area contributed by atoms with E-state index < -0.39 is 5.97 Å². The molecule has 2 rings (SSSR count). The predicted octanol–water partition coefficient (Wildman–Crippen LogP) is 2.78. The zero-order chi connectivity index (χ0) is 13.2. The molecule has 0 amide bonds. The van der Waals surface area contributed by atoms with Crippen LogP contribution in [0.25, 0.3) is 0 Å². The average molecular weight is 244 g/mol. The maximum absolute atomic E-state index is 9.00. The third-order valence-electron chi connectivity index (χ3n) is 1.99. The summed E-state index contributed by atoms with van der Waals surface area (Å²) >= 11 is 0. The monoisotopic (exact) mass is 244 g/mol. The van der Waals surface area contributed by atoms with Gasteiger partial charge in [0, 0.05) is 31.5 Å². The molecule has 1 aromatic carbocycles. The molecule has 0 aliphatic heterocycles. The van der Waals surface area contributed by atoms with Gasteiger partial charge in [0.2, 0.25) is 0 Å². The Kier molecular flexibility index (Phi) is 5.97. The predicted molar refractivity (Wildman–Crippen MR) is 71.3 cm³/mol. The number of carboxylic acid groups (broad SMARTS) is 1. The number of para-hydroxylation sites is 1. The molecule has 18 heavy (non-hydrogen) atoms. The van der Waals surface area contributed by atoms with Gasteiger partial charge in [-0.15, -0.1) is 0 Å². The lowest BCUT2D eigenvalue weighted by molar-refractivity contribution is -0.134. The number of nitrogens with one attached hydrogen (secondary N) is 1. The summed E-state index contributed by atoms with van der Waals surface area (Å²) in [5.41, 5.74) is 2.33. The van der Waals surface area contributed by atoms with E-state index in [4.69, 9.17) is 9.90 Å². The van der Waals surface area contributed by atoms with Gasteiger partial charge in [0.25, 0.3) is 5.97 Å². The van der Waals surface area contributed by atoms with Crippen molar-refractivity contribution in [2.24, 2.45) is 0 Å². The number of carbonyl (C=O) groups is 1. The number of hydrogen-bond acceptors (Lipinski definition) is 3. The third-order valence-corrected chi connectivity index (χ3v) is 1.99. The average Bonchev–Trinajstić information content (AvgIpc) is 2.38. The van der Waals surface area contributed by atoms with Gasteiger partial charge >= 0.3 is 0 Å². The highest BCUT2D eigenvalue weighted by molar-refractivity contribution is 5.62. The molecule has 0 saturated carbocycles. The number of rotatable bonds is 3. The molecule has 1 heterocycles. The normalized spacial score (nSPS) is 8.94. The second kappa shape index (κ2) is 7.84. The fourth-order valence-electron chi connectivity index (χ4n) is 1.26. The molecule has 0 spiro atoms. The molecule has 1 aromatic heterocycles. The van der Waals surface area contributed by atoms with E-state index in [1.165, 1.54) is 5.56 Å². The van der Waals surface area contributed by atoms with E-state index in [0.29, 0.717) is 0 Å². The fourth-order valence-corrected chi connectivity index (χ4v) is 1.26. The number of aromatic nitrogens is 1. The van der Waals surface area contributed by atoms with Gasteiger partial charge in [-0.2, -0.15) is 0 Å². The first kappa shape index (κ1) is 13.7. The topological polar surface area (TPSA) is 62.2 Å². The van der Waals surface area contributed by atoms with Crippen molar-refractivity contribution in [1.82, 2.24) is 4.98 Å². The molecule has 2 aromatic rings. The Morgan fingerprint density at radius 1 is 1.22 bits per heavy atom. The van der Waals surface area contributed by atoms with Crippen LogP contribution in [0.3, 0.4) is 0 Å². The molecule has 94 valence electrons. The Morgan fingerprint density at radius 2 is 1.89 bits per heavy atom. The lowest BCUT2D eigenvalue weighted by atomic mass is 10.2. The molecular formula is C14H16N2O2. The molecule has 0 aliphatic rings. The van der Waals surface area contributed by atoms with Crippen LogP contribution in [0.5, 0.6) is 0 Å². The maximum Gasteiger partial charge on any atom is 0.300 e. The zero-order valence-corrected chi connectivity index (χ0v) is 10.2. The first-order chi connectivity index (χ1) is 8.68. The Hall–Kier alpha value is -2.36. The van der Waals surface area contributed by atoms with E-state index >= 15 is 0 Å². The van der Waals surface area contributed by atoms with Crippen molar-refractivity contribution >= 4 is 11.7 Å². The molecule has 4 nitrogen and oxygen atoms in total. The van der Waals surface area contributed by atoms with Crippen LogP contribution in [0.2, 0.25) is 0 Å². The Morgan fingerprint density at radius 3 is 2.44 bits per heavy atom. The van der Waals surface area contributed by atoms with Gasteiger partial charge in [-0.1, -0.05) is 24.3 Å². The van der Waals surface area contributed by atoms with Crippen LogP contribution in [-0.4, -0.2) is 16.1 Å². The number of anilines is 1. The standard InChI is InChI=1S/C12H12N2.C2H4O2/c1-2-6-12(7-3-1)14-10-11-5-4-8-13-9-11;1-2(3)4/h1-9,14H,10H2;1H3,(H,3,4). The maximum atomic E-state index is 9.00. The third kappa shape index (κ3) is 6.27. The first-order valence-electron chi connectivity index (χ1n) is 5.56. The van der Waals surface area contributed by atoms with Gasteiger partial charge in [0.1, 0.15) is 0 Å². The highest BCUT2D eigenvalue weighted by Gasteiger charge is 1.91. The number of carboxylic acids is 1. The summed E-state index contributed by atoms with van der Waals surface area (Å²) in [7, 11) is 0. The lowest BCUT2D eigenvalue weighted by Gasteiger charge is -2.04. The van der Waals surface area contributed by atoms with E-state index in [-0.39, 0.29) is 0 Å². The van der Waals surface area contributed by atoms with Crippen molar-refractivity contribution in [3.63, 3.8) is 0 Å². The molecule has 2 N–H and O–H groups in total. The number of nitrogens with zero attached hydrogens (tertiary/aromatic N) is 1. The van der Waals surface area contributed by atoms with Gasteiger partial charge < -0.3 is 10.4 Å². The summed E-state index contributed by atoms with van der Waals surface area (Å²) in [5.74, 6) is -0.833. The number of benzene rings is 1. The van der Waals surface area contributed by atoms with Gasteiger partial charge in [-0.05, 0) is 23.8 Å². The molecule has 0 saturated heterocycles. The quantitative estimate of drug-likeness (QED) is 0.871.